The first-order valence-corrected chi connectivity index (χ1v) is 4.73. The van der Waals surface area contributed by atoms with Gasteiger partial charge in [-0.3, -0.25) is 0 Å². The first kappa shape index (κ1) is 8.55. The fraction of sp³-hybridized carbons (Fsp3) is 0.429. The van der Waals surface area contributed by atoms with Crippen molar-refractivity contribution in [3.63, 3.8) is 0 Å². The maximum Gasteiger partial charge on any atom is 0.342 e. The van der Waals surface area contributed by atoms with Gasteiger partial charge < -0.3 is 10.4 Å². The average Bonchev–Trinajstić information content (AvgIpc) is 2.39. The van der Waals surface area contributed by atoms with Gasteiger partial charge in [0.1, 0.15) is 16.0 Å². The summed E-state index contributed by atoms with van der Waals surface area (Å²) in [5, 5.41) is 16.0. The third-order valence-electron chi connectivity index (χ3n) is 1.96. The van der Waals surface area contributed by atoms with Crippen LogP contribution in [0.15, 0.2) is 4.60 Å². The molecular weight excluding hydrogens is 238 g/mol. The van der Waals surface area contributed by atoms with Gasteiger partial charge in [0.25, 0.3) is 0 Å². The van der Waals surface area contributed by atoms with Crippen molar-refractivity contribution in [1.82, 2.24) is 9.78 Å². The average molecular weight is 246 g/mol. The Bertz CT molecular complexity index is 361. The van der Waals surface area contributed by atoms with Crippen LogP contribution in [0.2, 0.25) is 0 Å². The van der Waals surface area contributed by atoms with Gasteiger partial charge >= 0.3 is 5.97 Å². The van der Waals surface area contributed by atoms with Crippen molar-refractivity contribution >= 4 is 27.7 Å². The van der Waals surface area contributed by atoms with Gasteiger partial charge in [-0.25, -0.2) is 9.48 Å². The maximum absolute atomic E-state index is 10.8. The fourth-order valence-corrected chi connectivity index (χ4v) is 1.95. The number of nitrogens with zero attached hydrogens (tertiary/aromatic N) is 2. The number of aromatic carboxylic acids is 1. The second-order valence-corrected chi connectivity index (χ2v) is 3.57. The molecule has 1 aromatic rings. The first-order chi connectivity index (χ1) is 6.20. The number of hydrogen-bond donors (Lipinski definition) is 2. The van der Waals surface area contributed by atoms with Crippen LogP contribution in [0.1, 0.15) is 16.8 Å². The highest BCUT2D eigenvalue weighted by Gasteiger charge is 2.23. The van der Waals surface area contributed by atoms with Crippen LogP contribution in [-0.2, 0) is 6.54 Å². The summed E-state index contributed by atoms with van der Waals surface area (Å²) in [4.78, 5) is 10.8. The predicted octanol–water partition coefficient (Wildman–Crippen LogP) is 1.16. The summed E-state index contributed by atoms with van der Waals surface area (Å²) < 4.78 is 2.07. The molecule has 0 spiro atoms. The van der Waals surface area contributed by atoms with E-state index in [1.54, 1.807) is 4.68 Å². The Kier molecular flexibility index (Phi) is 1.99. The van der Waals surface area contributed by atoms with Gasteiger partial charge in [-0.05, 0) is 22.4 Å². The number of carboxylic acid groups (broad SMARTS) is 1. The summed E-state index contributed by atoms with van der Waals surface area (Å²) in [6.45, 7) is 1.58. The SMILES string of the molecule is O=C(O)c1c(Br)nn2c1NCCC2. The highest BCUT2D eigenvalue weighted by Crippen LogP contribution is 2.26. The third kappa shape index (κ3) is 1.31. The minimum absolute atomic E-state index is 0.222. The number of anilines is 1. The van der Waals surface area contributed by atoms with Crippen molar-refractivity contribution in [2.24, 2.45) is 0 Å². The van der Waals surface area contributed by atoms with Crippen LogP contribution in [0.4, 0.5) is 5.82 Å². The van der Waals surface area contributed by atoms with Crippen molar-refractivity contribution < 1.29 is 9.90 Å². The lowest BCUT2D eigenvalue weighted by atomic mass is 10.3. The van der Waals surface area contributed by atoms with E-state index in [1.807, 2.05) is 0 Å². The van der Waals surface area contributed by atoms with Crippen LogP contribution in [-0.4, -0.2) is 27.4 Å². The van der Waals surface area contributed by atoms with E-state index < -0.39 is 5.97 Å². The van der Waals surface area contributed by atoms with Crippen LogP contribution in [0.25, 0.3) is 0 Å². The van der Waals surface area contributed by atoms with E-state index in [4.69, 9.17) is 5.11 Å². The van der Waals surface area contributed by atoms with Gasteiger partial charge in [-0.2, -0.15) is 5.10 Å². The number of carbonyl (C=O) groups is 1. The lowest BCUT2D eigenvalue weighted by Gasteiger charge is -2.15. The van der Waals surface area contributed by atoms with Crippen LogP contribution in [0.3, 0.4) is 0 Å². The van der Waals surface area contributed by atoms with E-state index in [-0.39, 0.29) is 5.56 Å². The van der Waals surface area contributed by atoms with Crippen LogP contribution in [0, 0.1) is 0 Å². The maximum atomic E-state index is 10.8. The smallest absolute Gasteiger partial charge is 0.342 e. The molecule has 0 radical (unpaired) electrons. The highest BCUT2D eigenvalue weighted by atomic mass is 79.9. The normalized spacial score (nSPS) is 14.8. The molecule has 2 heterocycles. The molecule has 5 nitrogen and oxygen atoms in total. The summed E-state index contributed by atoms with van der Waals surface area (Å²) in [7, 11) is 0. The van der Waals surface area contributed by atoms with Gasteiger partial charge in [0.05, 0.1) is 0 Å². The van der Waals surface area contributed by atoms with Gasteiger partial charge in [-0.1, -0.05) is 0 Å². The van der Waals surface area contributed by atoms with Crippen molar-refractivity contribution in [1.29, 1.82) is 0 Å². The number of halogens is 1. The van der Waals surface area contributed by atoms with Gasteiger partial charge in [0.15, 0.2) is 0 Å². The largest absolute Gasteiger partial charge is 0.477 e. The van der Waals surface area contributed by atoms with E-state index in [0.717, 1.165) is 19.5 Å². The number of rotatable bonds is 1. The van der Waals surface area contributed by atoms with Crippen LogP contribution >= 0.6 is 15.9 Å². The molecule has 0 fully saturated rings. The Morgan fingerprint density at radius 2 is 2.46 bits per heavy atom. The molecule has 0 aliphatic carbocycles. The van der Waals surface area contributed by atoms with Crippen molar-refractivity contribution in [3.05, 3.63) is 10.2 Å². The second kappa shape index (κ2) is 3.02. The third-order valence-corrected chi connectivity index (χ3v) is 2.52. The number of hydrogen-bond acceptors (Lipinski definition) is 3. The number of aromatic nitrogens is 2. The van der Waals surface area contributed by atoms with E-state index >= 15 is 0 Å². The molecule has 0 amide bonds. The minimum atomic E-state index is -0.956. The molecule has 0 bridgehead atoms. The van der Waals surface area contributed by atoms with Crippen molar-refractivity contribution in [3.8, 4) is 0 Å². The van der Waals surface area contributed by atoms with E-state index in [9.17, 15) is 4.79 Å². The molecule has 1 aliphatic heterocycles. The zero-order valence-electron chi connectivity index (χ0n) is 6.75. The minimum Gasteiger partial charge on any atom is -0.477 e. The molecule has 6 heteroatoms. The molecule has 13 heavy (non-hydrogen) atoms. The molecule has 0 saturated carbocycles. The Hall–Kier alpha value is -1.04. The Balaban J connectivity index is 2.54. The summed E-state index contributed by atoms with van der Waals surface area (Å²) in [6.07, 6.45) is 0.972. The molecular formula is C7H8BrN3O2. The number of aryl methyl sites for hydroxylation is 1. The Morgan fingerprint density at radius 3 is 3.15 bits per heavy atom. The summed E-state index contributed by atoms with van der Waals surface area (Å²) in [5.74, 6) is -0.354. The zero-order chi connectivity index (χ0) is 9.42. The Morgan fingerprint density at radius 1 is 1.69 bits per heavy atom. The monoisotopic (exact) mass is 245 g/mol. The predicted molar refractivity (Wildman–Crippen MR) is 50.0 cm³/mol. The Labute approximate surface area is 82.9 Å². The topological polar surface area (TPSA) is 67.1 Å². The number of nitrogens with one attached hydrogen (secondary N) is 1. The fourth-order valence-electron chi connectivity index (χ4n) is 1.40. The van der Waals surface area contributed by atoms with Gasteiger partial charge in [0, 0.05) is 13.1 Å². The quantitative estimate of drug-likeness (QED) is 0.780. The first-order valence-electron chi connectivity index (χ1n) is 3.93. The molecule has 0 saturated heterocycles. The molecule has 1 aromatic heterocycles. The summed E-state index contributed by atoms with van der Waals surface area (Å²) in [6, 6.07) is 0. The molecule has 1 aliphatic rings. The number of fused-ring (bicyclic) bond motifs is 1. The second-order valence-electron chi connectivity index (χ2n) is 2.82. The van der Waals surface area contributed by atoms with Crippen molar-refractivity contribution in [2.45, 2.75) is 13.0 Å². The zero-order valence-corrected chi connectivity index (χ0v) is 8.34. The molecule has 0 unspecified atom stereocenters. The van der Waals surface area contributed by atoms with Crippen LogP contribution < -0.4 is 5.32 Å². The van der Waals surface area contributed by atoms with E-state index in [2.05, 4.69) is 26.3 Å². The molecule has 2 N–H and O–H groups in total. The number of carboxylic acids is 1. The lowest BCUT2D eigenvalue weighted by Crippen LogP contribution is -2.19. The van der Waals surface area contributed by atoms with Gasteiger partial charge in [0.2, 0.25) is 0 Å². The lowest BCUT2D eigenvalue weighted by molar-refractivity contribution is 0.0697. The molecule has 2 rings (SSSR count). The highest BCUT2D eigenvalue weighted by molar-refractivity contribution is 9.10. The molecule has 0 atom stereocenters. The summed E-state index contributed by atoms with van der Waals surface area (Å²) in [5.41, 5.74) is 0.222. The van der Waals surface area contributed by atoms with Crippen LogP contribution in [0.5, 0.6) is 0 Å². The molecule has 70 valence electrons. The van der Waals surface area contributed by atoms with Gasteiger partial charge in [-0.15, -0.1) is 0 Å². The van der Waals surface area contributed by atoms with E-state index in [1.165, 1.54) is 0 Å². The van der Waals surface area contributed by atoms with Crippen molar-refractivity contribution in [2.75, 3.05) is 11.9 Å². The molecule has 0 aromatic carbocycles. The van der Waals surface area contributed by atoms with E-state index in [0.29, 0.717) is 10.4 Å². The standard InChI is InChI=1S/C7H8BrN3O2/c8-5-4(7(12)13)6-9-2-1-3-11(6)10-5/h9H,1-3H2,(H,12,13). The summed E-state index contributed by atoms with van der Waals surface area (Å²) >= 11 is 3.13.